The summed E-state index contributed by atoms with van der Waals surface area (Å²) in [6.45, 7) is 6.44. The molecule has 0 aliphatic rings. The minimum absolute atomic E-state index is 0.0911. The molecular formula is C17H20FNO. The predicted molar refractivity (Wildman–Crippen MR) is 80.1 cm³/mol. The van der Waals surface area contributed by atoms with Crippen LogP contribution < -0.4 is 5.32 Å². The molecule has 3 heteroatoms. The molecule has 0 bridgehead atoms. The van der Waals surface area contributed by atoms with Gasteiger partial charge in [0.15, 0.2) is 6.23 Å². The monoisotopic (exact) mass is 273 g/mol. The van der Waals surface area contributed by atoms with Gasteiger partial charge in [0.25, 0.3) is 0 Å². The van der Waals surface area contributed by atoms with Gasteiger partial charge in [-0.3, -0.25) is 0 Å². The molecule has 20 heavy (non-hydrogen) atoms. The van der Waals surface area contributed by atoms with E-state index in [9.17, 15) is 9.50 Å². The van der Waals surface area contributed by atoms with Gasteiger partial charge >= 0.3 is 0 Å². The molecule has 2 aromatic carbocycles. The fraction of sp³-hybridized carbons (Fsp3) is 0.294. The largest absolute Gasteiger partial charge is 0.369 e. The van der Waals surface area contributed by atoms with Crippen molar-refractivity contribution in [2.45, 2.75) is 32.4 Å². The summed E-state index contributed by atoms with van der Waals surface area (Å²) < 4.78 is 12.8. The SMILES string of the molecule is CC(C)(C)c1ccc(C(O)Nc2ccc(F)cc2)cc1. The fourth-order valence-electron chi connectivity index (χ4n) is 1.95. The van der Waals surface area contributed by atoms with E-state index in [4.69, 9.17) is 0 Å². The third-order valence-corrected chi connectivity index (χ3v) is 3.24. The van der Waals surface area contributed by atoms with Gasteiger partial charge < -0.3 is 10.4 Å². The number of aliphatic hydroxyl groups is 1. The van der Waals surface area contributed by atoms with Crippen LogP contribution in [0, 0.1) is 5.82 Å². The summed E-state index contributed by atoms with van der Waals surface area (Å²) in [4.78, 5) is 0. The maximum Gasteiger partial charge on any atom is 0.150 e. The van der Waals surface area contributed by atoms with Gasteiger partial charge in [-0.15, -0.1) is 0 Å². The Balaban J connectivity index is 2.09. The number of anilines is 1. The molecule has 2 N–H and O–H groups in total. The normalized spacial score (nSPS) is 13.1. The summed E-state index contributed by atoms with van der Waals surface area (Å²) in [5.41, 5.74) is 2.77. The third-order valence-electron chi connectivity index (χ3n) is 3.24. The summed E-state index contributed by atoms with van der Waals surface area (Å²) in [5.74, 6) is -0.292. The highest BCUT2D eigenvalue weighted by Crippen LogP contribution is 2.24. The Kier molecular flexibility index (Phi) is 4.09. The maximum absolute atomic E-state index is 12.8. The molecule has 0 aliphatic carbocycles. The molecule has 0 aromatic heterocycles. The van der Waals surface area contributed by atoms with Gasteiger partial charge in [0.2, 0.25) is 0 Å². The van der Waals surface area contributed by atoms with Crippen molar-refractivity contribution in [3.05, 3.63) is 65.5 Å². The summed E-state index contributed by atoms with van der Waals surface area (Å²) >= 11 is 0. The van der Waals surface area contributed by atoms with Crippen molar-refractivity contribution in [2.75, 3.05) is 5.32 Å². The van der Waals surface area contributed by atoms with Crippen molar-refractivity contribution >= 4 is 5.69 Å². The van der Waals surface area contributed by atoms with E-state index in [2.05, 4.69) is 26.1 Å². The molecule has 0 radical (unpaired) electrons. The first-order valence-corrected chi connectivity index (χ1v) is 6.67. The first kappa shape index (κ1) is 14.5. The molecule has 2 aromatic rings. The first-order chi connectivity index (χ1) is 9.36. The van der Waals surface area contributed by atoms with Crippen molar-refractivity contribution in [2.24, 2.45) is 0 Å². The Morgan fingerprint density at radius 1 is 0.950 bits per heavy atom. The zero-order valence-electron chi connectivity index (χ0n) is 12.0. The van der Waals surface area contributed by atoms with E-state index in [0.29, 0.717) is 5.69 Å². The van der Waals surface area contributed by atoms with Crippen LogP contribution in [0.3, 0.4) is 0 Å². The average Bonchev–Trinajstić information content (AvgIpc) is 2.40. The van der Waals surface area contributed by atoms with Crippen molar-refractivity contribution in [3.8, 4) is 0 Å². The van der Waals surface area contributed by atoms with Crippen molar-refractivity contribution < 1.29 is 9.50 Å². The molecule has 0 saturated carbocycles. The third kappa shape index (κ3) is 3.58. The topological polar surface area (TPSA) is 32.3 Å². The van der Waals surface area contributed by atoms with Crippen LogP contribution in [0.15, 0.2) is 48.5 Å². The minimum Gasteiger partial charge on any atom is -0.369 e. The van der Waals surface area contributed by atoms with Crippen LogP contribution in [0.5, 0.6) is 0 Å². The van der Waals surface area contributed by atoms with Gasteiger partial charge in [0.1, 0.15) is 5.82 Å². The van der Waals surface area contributed by atoms with E-state index in [-0.39, 0.29) is 11.2 Å². The summed E-state index contributed by atoms with van der Waals surface area (Å²) in [6.07, 6.45) is -0.811. The van der Waals surface area contributed by atoms with Gasteiger partial charge in [-0.05, 0) is 35.2 Å². The second-order valence-electron chi connectivity index (χ2n) is 5.93. The van der Waals surface area contributed by atoms with Gasteiger partial charge in [0.05, 0.1) is 0 Å². The molecule has 0 saturated heterocycles. The van der Waals surface area contributed by atoms with E-state index in [1.807, 2.05) is 24.3 Å². The van der Waals surface area contributed by atoms with E-state index in [1.165, 1.54) is 17.7 Å². The smallest absolute Gasteiger partial charge is 0.150 e. The van der Waals surface area contributed by atoms with E-state index in [1.54, 1.807) is 12.1 Å². The number of halogens is 1. The lowest BCUT2D eigenvalue weighted by Crippen LogP contribution is -2.13. The summed E-state index contributed by atoms with van der Waals surface area (Å²) in [6, 6.07) is 13.8. The van der Waals surface area contributed by atoms with Crippen molar-refractivity contribution in [3.63, 3.8) is 0 Å². The van der Waals surface area contributed by atoms with Crippen LogP contribution in [0.4, 0.5) is 10.1 Å². The maximum atomic E-state index is 12.8. The Labute approximate surface area is 119 Å². The van der Waals surface area contributed by atoms with Crippen LogP contribution in [-0.4, -0.2) is 5.11 Å². The molecule has 0 amide bonds. The summed E-state index contributed by atoms with van der Waals surface area (Å²) in [7, 11) is 0. The van der Waals surface area contributed by atoms with Gasteiger partial charge in [-0.1, -0.05) is 45.0 Å². The van der Waals surface area contributed by atoms with Crippen LogP contribution in [-0.2, 0) is 5.41 Å². The Hall–Kier alpha value is -1.87. The zero-order chi connectivity index (χ0) is 14.8. The number of rotatable bonds is 3. The van der Waals surface area contributed by atoms with Crippen LogP contribution in [0.1, 0.15) is 38.1 Å². The molecule has 106 valence electrons. The quantitative estimate of drug-likeness (QED) is 0.820. The Bertz CT molecular complexity index is 555. The highest BCUT2D eigenvalue weighted by molar-refractivity contribution is 5.45. The van der Waals surface area contributed by atoms with Gasteiger partial charge in [-0.2, -0.15) is 0 Å². The molecule has 0 spiro atoms. The van der Waals surface area contributed by atoms with E-state index in [0.717, 1.165) is 5.56 Å². The number of hydrogen-bond donors (Lipinski definition) is 2. The highest BCUT2D eigenvalue weighted by atomic mass is 19.1. The molecule has 0 aliphatic heterocycles. The molecule has 2 rings (SSSR count). The number of aliphatic hydroxyl groups excluding tert-OH is 1. The average molecular weight is 273 g/mol. The minimum atomic E-state index is -0.811. The van der Waals surface area contributed by atoms with E-state index < -0.39 is 6.23 Å². The van der Waals surface area contributed by atoms with Crippen molar-refractivity contribution in [1.82, 2.24) is 0 Å². The molecular weight excluding hydrogens is 253 g/mol. The second-order valence-corrected chi connectivity index (χ2v) is 5.93. The predicted octanol–water partition coefficient (Wildman–Crippen LogP) is 4.23. The van der Waals surface area contributed by atoms with Crippen LogP contribution in [0.2, 0.25) is 0 Å². The number of benzene rings is 2. The highest BCUT2D eigenvalue weighted by Gasteiger charge is 2.14. The van der Waals surface area contributed by atoms with E-state index >= 15 is 0 Å². The standard InChI is InChI=1S/C17H20FNO/c1-17(2,3)13-6-4-12(5-7-13)16(20)19-15-10-8-14(18)9-11-15/h4-11,16,19-20H,1-3H3. The lowest BCUT2D eigenvalue weighted by atomic mass is 9.86. The lowest BCUT2D eigenvalue weighted by Gasteiger charge is -2.20. The number of nitrogens with one attached hydrogen (secondary N) is 1. The molecule has 1 atom stereocenters. The molecule has 0 heterocycles. The number of hydrogen-bond acceptors (Lipinski definition) is 2. The summed E-state index contributed by atoms with van der Waals surface area (Å²) in [5, 5.41) is 13.1. The van der Waals surface area contributed by atoms with Crippen molar-refractivity contribution in [1.29, 1.82) is 0 Å². The Morgan fingerprint density at radius 3 is 2.00 bits per heavy atom. The zero-order valence-corrected chi connectivity index (χ0v) is 12.0. The lowest BCUT2D eigenvalue weighted by molar-refractivity contribution is 0.208. The fourth-order valence-corrected chi connectivity index (χ4v) is 1.95. The molecule has 2 nitrogen and oxygen atoms in total. The van der Waals surface area contributed by atoms with Gasteiger partial charge in [-0.25, -0.2) is 4.39 Å². The molecule has 1 unspecified atom stereocenters. The second kappa shape index (κ2) is 5.63. The molecule has 0 fully saturated rings. The van der Waals surface area contributed by atoms with Gasteiger partial charge in [0, 0.05) is 11.3 Å². The first-order valence-electron chi connectivity index (χ1n) is 6.67. The Morgan fingerprint density at radius 2 is 1.50 bits per heavy atom. The van der Waals surface area contributed by atoms with Crippen LogP contribution in [0.25, 0.3) is 0 Å². The van der Waals surface area contributed by atoms with Crippen LogP contribution >= 0.6 is 0 Å².